The average Bonchev–Trinajstić information content (AvgIpc) is 3.27. The smallest absolute Gasteiger partial charge is 0.0560 e. The van der Waals surface area contributed by atoms with Crippen molar-refractivity contribution in [1.29, 1.82) is 0 Å². The van der Waals surface area contributed by atoms with Crippen molar-refractivity contribution in [2.75, 3.05) is 0 Å². The molecule has 1 heteroatoms. The molecule has 5 aromatic carbocycles. The molecule has 1 unspecified atom stereocenters. The molecule has 1 atom stereocenters. The van der Waals surface area contributed by atoms with Crippen LogP contribution in [0, 0.1) is 6.92 Å². The van der Waals surface area contributed by atoms with E-state index >= 15 is 0 Å². The molecule has 1 heterocycles. The van der Waals surface area contributed by atoms with Gasteiger partial charge in [-0.1, -0.05) is 121 Å². The summed E-state index contributed by atoms with van der Waals surface area (Å²) < 4.78 is 2.52. The molecule has 0 radical (unpaired) electrons. The van der Waals surface area contributed by atoms with Gasteiger partial charge in [-0.15, -0.1) is 0 Å². The molecular weight excluding hydrogens is 470 g/mol. The summed E-state index contributed by atoms with van der Waals surface area (Å²) in [6, 6.07) is 37.7. The summed E-state index contributed by atoms with van der Waals surface area (Å²) in [4.78, 5) is 0. The van der Waals surface area contributed by atoms with Crippen molar-refractivity contribution in [1.82, 2.24) is 4.57 Å². The number of aromatic nitrogens is 1. The molecule has 39 heavy (non-hydrogen) atoms. The van der Waals surface area contributed by atoms with Crippen molar-refractivity contribution < 1.29 is 0 Å². The summed E-state index contributed by atoms with van der Waals surface area (Å²) in [7, 11) is 0. The number of hydrogen-bond acceptors (Lipinski definition) is 0. The molecule has 0 bridgehead atoms. The van der Waals surface area contributed by atoms with Crippen LogP contribution in [0.3, 0.4) is 0 Å². The Balaban J connectivity index is 1.40. The van der Waals surface area contributed by atoms with Gasteiger partial charge in [0.2, 0.25) is 0 Å². The van der Waals surface area contributed by atoms with E-state index in [9.17, 15) is 0 Å². The molecule has 6 aromatic rings. The topological polar surface area (TPSA) is 4.93 Å². The maximum absolute atomic E-state index is 2.52. The van der Waals surface area contributed by atoms with E-state index in [1.165, 1.54) is 66.0 Å². The minimum Gasteiger partial charge on any atom is -0.333 e. The third kappa shape index (κ3) is 3.77. The largest absolute Gasteiger partial charge is 0.333 e. The number of benzene rings is 5. The van der Waals surface area contributed by atoms with Crippen LogP contribution < -0.4 is 0 Å². The number of hydrogen-bond donors (Lipinski definition) is 0. The lowest BCUT2D eigenvalue weighted by Gasteiger charge is -2.23. The first-order valence-corrected chi connectivity index (χ1v) is 13.9. The normalized spacial score (nSPS) is 15.5. The quantitative estimate of drug-likeness (QED) is 0.212. The molecule has 0 amide bonds. The second kappa shape index (κ2) is 9.60. The molecule has 1 nitrogen and oxygen atoms in total. The number of nitrogens with zero attached hydrogens (tertiary/aromatic N) is 1. The highest BCUT2D eigenvalue weighted by molar-refractivity contribution is 6.19. The Morgan fingerprint density at radius 2 is 1.23 bits per heavy atom. The monoisotopic (exact) mass is 501 g/mol. The van der Waals surface area contributed by atoms with Gasteiger partial charge >= 0.3 is 0 Å². The zero-order valence-electron chi connectivity index (χ0n) is 22.4. The second-order valence-corrected chi connectivity index (χ2v) is 10.4. The van der Waals surface area contributed by atoms with E-state index < -0.39 is 0 Å². The summed E-state index contributed by atoms with van der Waals surface area (Å²) in [5, 5.41) is 6.55. The van der Waals surface area contributed by atoms with Crippen LogP contribution in [0.15, 0.2) is 127 Å². The molecule has 188 valence electrons. The van der Waals surface area contributed by atoms with Crippen LogP contribution in [0.4, 0.5) is 0 Å². The van der Waals surface area contributed by atoms with Gasteiger partial charge in [-0.3, -0.25) is 0 Å². The predicted octanol–water partition coefficient (Wildman–Crippen LogP) is 10.5. The molecule has 0 saturated heterocycles. The molecule has 0 fully saturated rings. The number of aryl methyl sites for hydroxylation is 1. The predicted molar refractivity (Wildman–Crippen MR) is 169 cm³/mol. The van der Waals surface area contributed by atoms with Gasteiger partial charge in [-0.05, 0) is 81.8 Å². The van der Waals surface area contributed by atoms with Crippen LogP contribution in [0.25, 0.3) is 55.2 Å². The second-order valence-electron chi connectivity index (χ2n) is 10.4. The molecule has 1 aliphatic rings. The van der Waals surface area contributed by atoms with Crippen LogP contribution in [-0.4, -0.2) is 4.57 Å². The fraction of sp³-hybridized carbons (Fsp3) is 0.105. The van der Waals surface area contributed by atoms with E-state index in [0.717, 1.165) is 6.42 Å². The Kier molecular flexibility index (Phi) is 5.78. The number of para-hydroxylation sites is 1. The Morgan fingerprint density at radius 1 is 0.667 bits per heavy atom. The van der Waals surface area contributed by atoms with Crippen LogP contribution in [0.1, 0.15) is 36.2 Å². The summed E-state index contributed by atoms with van der Waals surface area (Å²) in [5.41, 5.74) is 9.16. The third-order valence-electron chi connectivity index (χ3n) is 8.23. The van der Waals surface area contributed by atoms with Gasteiger partial charge in [0.15, 0.2) is 0 Å². The Hall–Kier alpha value is -4.62. The minimum atomic E-state index is 0.277. The van der Waals surface area contributed by atoms with Crippen LogP contribution in [-0.2, 0) is 0 Å². The Bertz CT molecular complexity index is 1890. The lowest BCUT2D eigenvalue weighted by molar-refractivity contribution is 0.625. The first kappa shape index (κ1) is 23.5. The first-order valence-electron chi connectivity index (χ1n) is 13.9. The molecule has 1 aliphatic carbocycles. The summed E-state index contributed by atoms with van der Waals surface area (Å²) in [5.74, 6) is 0. The van der Waals surface area contributed by atoms with E-state index in [4.69, 9.17) is 0 Å². The van der Waals surface area contributed by atoms with Crippen molar-refractivity contribution in [2.45, 2.75) is 26.3 Å². The molecule has 0 N–H and O–H groups in total. The summed E-state index contributed by atoms with van der Waals surface area (Å²) in [6.45, 7) is 4.35. The number of rotatable bonds is 4. The maximum atomic E-state index is 2.52. The van der Waals surface area contributed by atoms with Gasteiger partial charge < -0.3 is 4.57 Å². The van der Waals surface area contributed by atoms with E-state index in [0.29, 0.717) is 0 Å². The zero-order valence-corrected chi connectivity index (χ0v) is 22.4. The Labute approximate surface area is 230 Å². The standard InChI is InChI=1S/C38H31N/c1-3-13-35-26(2)30-16-11-12-21-36(30)39(35)29-24-22-28(23-25-29)38-33-19-9-7-17-31(33)37(27-14-5-4-6-15-27)32-18-8-10-20-34(32)38/h3-24,29H,25H2,1-2H3/b13-3-. The van der Waals surface area contributed by atoms with Gasteiger partial charge in [0.1, 0.15) is 0 Å². The molecule has 0 spiro atoms. The van der Waals surface area contributed by atoms with E-state index in [1.807, 2.05) is 0 Å². The highest BCUT2D eigenvalue weighted by Gasteiger charge is 2.22. The van der Waals surface area contributed by atoms with Crippen molar-refractivity contribution in [3.05, 3.63) is 144 Å². The van der Waals surface area contributed by atoms with Crippen LogP contribution in [0.5, 0.6) is 0 Å². The highest BCUT2D eigenvalue weighted by atomic mass is 15.0. The fourth-order valence-corrected chi connectivity index (χ4v) is 6.51. The summed E-state index contributed by atoms with van der Waals surface area (Å²) in [6.07, 6.45) is 12.6. The van der Waals surface area contributed by atoms with Gasteiger partial charge in [0.25, 0.3) is 0 Å². The van der Waals surface area contributed by atoms with Gasteiger partial charge in [-0.25, -0.2) is 0 Å². The Morgan fingerprint density at radius 3 is 1.82 bits per heavy atom. The lowest BCUT2D eigenvalue weighted by atomic mass is 9.84. The van der Waals surface area contributed by atoms with E-state index in [1.54, 1.807) is 0 Å². The summed E-state index contributed by atoms with van der Waals surface area (Å²) >= 11 is 0. The van der Waals surface area contributed by atoms with Crippen molar-refractivity contribution in [2.24, 2.45) is 0 Å². The molecule has 0 saturated carbocycles. The van der Waals surface area contributed by atoms with Crippen molar-refractivity contribution in [3.63, 3.8) is 0 Å². The van der Waals surface area contributed by atoms with Gasteiger partial charge in [-0.2, -0.15) is 0 Å². The van der Waals surface area contributed by atoms with Crippen molar-refractivity contribution >= 4 is 44.1 Å². The van der Waals surface area contributed by atoms with Crippen LogP contribution >= 0.6 is 0 Å². The number of fused-ring (bicyclic) bond motifs is 3. The maximum Gasteiger partial charge on any atom is 0.0560 e. The lowest BCUT2D eigenvalue weighted by Crippen LogP contribution is -2.10. The van der Waals surface area contributed by atoms with Crippen LogP contribution in [0.2, 0.25) is 0 Å². The molecule has 1 aromatic heterocycles. The number of allylic oxidation sites excluding steroid dienone is 5. The zero-order chi connectivity index (χ0) is 26.3. The molecule has 0 aliphatic heterocycles. The highest BCUT2D eigenvalue weighted by Crippen LogP contribution is 2.43. The minimum absolute atomic E-state index is 0.277. The van der Waals surface area contributed by atoms with Gasteiger partial charge in [0.05, 0.1) is 6.04 Å². The van der Waals surface area contributed by atoms with E-state index in [-0.39, 0.29) is 6.04 Å². The molecule has 7 rings (SSSR count). The first-order chi connectivity index (χ1) is 19.3. The third-order valence-corrected chi connectivity index (χ3v) is 8.23. The van der Waals surface area contributed by atoms with Gasteiger partial charge in [0, 0.05) is 16.6 Å². The SMILES string of the molecule is C/C=C\c1c(C)c2ccccc2n1C1C=CC(c2c3ccccc3c(-c3ccccc3)c3ccccc23)=CC1. The molecular formula is C38H31N. The fourth-order valence-electron chi connectivity index (χ4n) is 6.51. The van der Waals surface area contributed by atoms with Crippen molar-refractivity contribution in [3.8, 4) is 11.1 Å². The van der Waals surface area contributed by atoms with E-state index in [2.05, 4.69) is 152 Å². The average molecular weight is 502 g/mol.